The van der Waals surface area contributed by atoms with Gasteiger partial charge in [0.1, 0.15) is 6.79 Å². The van der Waals surface area contributed by atoms with Gasteiger partial charge in [-0.15, -0.1) is 0 Å². The van der Waals surface area contributed by atoms with E-state index in [4.69, 9.17) is 43.3 Å². The third-order valence-corrected chi connectivity index (χ3v) is 2.74. The quantitative estimate of drug-likeness (QED) is 0.193. The highest BCUT2D eigenvalue weighted by atomic mass is 31.2. The van der Waals surface area contributed by atoms with Crippen molar-refractivity contribution in [2.75, 3.05) is 0 Å². The summed E-state index contributed by atoms with van der Waals surface area (Å²) in [4.78, 5) is 67.6. The van der Waals surface area contributed by atoms with Crippen molar-refractivity contribution in [2.45, 2.75) is 0 Å². The van der Waals surface area contributed by atoms with Crippen molar-refractivity contribution in [1.82, 2.24) is 19.9 Å². The minimum Gasteiger partial charge on any atom is -0.307 e. The number of pyridine rings is 4. The summed E-state index contributed by atoms with van der Waals surface area (Å²) < 4.78 is 17.8. The van der Waals surface area contributed by atoms with E-state index in [1.807, 2.05) is 55.3 Å². The van der Waals surface area contributed by atoms with Gasteiger partial charge in [-0.25, -0.2) is 9.13 Å². The van der Waals surface area contributed by atoms with Crippen molar-refractivity contribution < 1.29 is 43.3 Å². The van der Waals surface area contributed by atoms with Crippen LogP contribution >= 0.6 is 15.6 Å². The Bertz CT molecular complexity index is 932. The molecule has 0 aliphatic rings. The summed E-state index contributed by atoms with van der Waals surface area (Å²) in [5, 5.41) is 0. The van der Waals surface area contributed by atoms with Crippen LogP contribution in [0.15, 0.2) is 73.3 Å². The van der Waals surface area contributed by atoms with Crippen LogP contribution in [0.2, 0.25) is 0 Å². The predicted molar refractivity (Wildman–Crippen MR) is 115 cm³/mol. The lowest BCUT2D eigenvalue weighted by Gasteiger charge is -1.90. The maximum atomic E-state index is 8.88. The maximum absolute atomic E-state index is 8.88. The molecular weight excluding hydrogens is 466 g/mol. The molecule has 13 nitrogen and oxygen atoms in total. The van der Waals surface area contributed by atoms with E-state index in [2.05, 4.69) is 19.9 Å². The van der Waals surface area contributed by atoms with Gasteiger partial charge in [0.15, 0.2) is 0 Å². The van der Waals surface area contributed by atoms with Crippen LogP contribution in [0.5, 0.6) is 0 Å². The van der Waals surface area contributed by atoms with Crippen LogP contribution in [0, 0.1) is 0 Å². The Labute approximate surface area is 181 Å². The van der Waals surface area contributed by atoms with E-state index in [0.29, 0.717) is 0 Å². The van der Waals surface area contributed by atoms with Gasteiger partial charge in [-0.05, 0) is 48.5 Å². The molecule has 0 aliphatic carbocycles. The smallest absolute Gasteiger partial charge is 0.307 e. The van der Waals surface area contributed by atoms with Gasteiger partial charge in [0.2, 0.25) is 0 Å². The van der Waals surface area contributed by atoms with Gasteiger partial charge >= 0.3 is 15.6 Å². The normalized spacial score (nSPS) is 10.1. The third kappa shape index (κ3) is 16.8. The zero-order chi connectivity index (χ0) is 24.6. The number of carbonyl (C=O) groups is 1. The van der Waals surface area contributed by atoms with Crippen molar-refractivity contribution >= 4 is 44.5 Å². The summed E-state index contributed by atoms with van der Waals surface area (Å²) >= 11 is 0. The molecule has 0 unspecified atom stereocenters. The monoisotopic (exact) mass is 486 g/mol. The standard InChI is InChI=1S/2C8H6N2.CH2O.2H3O4P/c2*1-3-7-8(9-5-1)4-2-6-10-7;1-2;2*1-5(2,3)4/h2*1-6H;1H2;2*(H3,1,2,3,4). The molecule has 0 fully saturated rings. The van der Waals surface area contributed by atoms with E-state index in [1.165, 1.54) is 0 Å². The highest BCUT2D eigenvalue weighted by Gasteiger charge is 2.00. The van der Waals surface area contributed by atoms with Crippen LogP contribution in [0.3, 0.4) is 0 Å². The molecule has 4 aromatic rings. The Kier molecular flexibility index (Phi) is 13.5. The molecule has 15 heteroatoms. The highest BCUT2D eigenvalue weighted by molar-refractivity contribution is 7.45. The molecular formula is C17H20N4O9P2. The molecule has 0 bridgehead atoms. The average Bonchev–Trinajstić information content (AvgIpc) is 2.73. The molecule has 0 saturated heterocycles. The van der Waals surface area contributed by atoms with Gasteiger partial charge in [0, 0.05) is 24.8 Å². The molecule has 0 aliphatic heterocycles. The number of hydrogen-bond acceptors (Lipinski definition) is 7. The summed E-state index contributed by atoms with van der Waals surface area (Å²) in [6.07, 6.45) is 7.07. The fraction of sp³-hybridized carbons (Fsp3) is 0. The minimum absolute atomic E-state index is 0.949. The second kappa shape index (κ2) is 14.9. The van der Waals surface area contributed by atoms with Crippen molar-refractivity contribution in [3.8, 4) is 0 Å². The minimum atomic E-state index is -4.64. The third-order valence-electron chi connectivity index (χ3n) is 2.74. The highest BCUT2D eigenvalue weighted by Crippen LogP contribution is 2.26. The molecule has 32 heavy (non-hydrogen) atoms. The van der Waals surface area contributed by atoms with Gasteiger partial charge in [-0.2, -0.15) is 0 Å². The lowest BCUT2D eigenvalue weighted by atomic mass is 10.3. The average molecular weight is 486 g/mol. The van der Waals surface area contributed by atoms with E-state index >= 15 is 0 Å². The largest absolute Gasteiger partial charge is 0.466 e. The van der Waals surface area contributed by atoms with Crippen molar-refractivity contribution in [1.29, 1.82) is 0 Å². The Balaban J connectivity index is 0.000000412. The first-order valence-corrected chi connectivity index (χ1v) is 11.2. The van der Waals surface area contributed by atoms with Crippen LogP contribution in [-0.2, 0) is 13.9 Å². The molecule has 4 aromatic heterocycles. The fourth-order valence-electron chi connectivity index (χ4n) is 1.81. The number of nitrogens with zero attached hydrogens (tertiary/aromatic N) is 4. The number of carbonyl (C=O) groups excluding carboxylic acids is 1. The van der Waals surface area contributed by atoms with Gasteiger partial charge < -0.3 is 34.2 Å². The van der Waals surface area contributed by atoms with Crippen molar-refractivity contribution in [3.05, 3.63) is 73.3 Å². The zero-order valence-corrected chi connectivity index (χ0v) is 18.0. The van der Waals surface area contributed by atoms with E-state index in [0.717, 1.165) is 22.1 Å². The SMILES string of the molecule is C=O.O=P(O)(O)O.O=P(O)(O)O.c1cnc2cccnc2c1.c1cnc2cccnc2c1. The van der Waals surface area contributed by atoms with E-state index < -0.39 is 15.6 Å². The number of hydrogen-bond donors (Lipinski definition) is 6. The second-order valence-electron chi connectivity index (χ2n) is 5.12. The predicted octanol–water partition coefficient (Wildman–Crippen LogP) is 1.22. The van der Waals surface area contributed by atoms with E-state index in [9.17, 15) is 0 Å². The van der Waals surface area contributed by atoms with E-state index in [-0.39, 0.29) is 0 Å². The summed E-state index contributed by atoms with van der Waals surface area (Å²) in [6.45, 7) is 2.00. The number of phosphoric acid groups is 2. The maximum Gasteiger partial charge on any atom is 0.466 e. The lowest BCUT2D eigenvalue weighted by Crippen LogP contribution is -1.78. The Hall–Kier alpha value is -2.99. The van der Waals surface area contributed by atoms with Crippen LogP contribution in [-0.4, -0.2) is 56.1 Å². The zero-order valence-electron chi connectivity index (χ0n) is 16.2. The number of aromatic nitrogens is 4. The molecule has 6 N–H and O–H groups in total. The lowest BCUT2D eigenvalue weighted by molar-refractivity contribution is -0.0980. The molecule has 0 aromatic carbocycles. The first-order valence-electron chi connectivity index (χ1n) is 8.10. The molecule has 4 rings (SSSR count). The van der Waals surface area contributed by atoms with Gasteiger partial charge in [-0.1, -0.05) is 0 Å². The Morgan fingerprint density at radius 2 is 0.656 bits per heavy atom. The van der Waals surface area contributed by atoms with Gasteiger partial charge in [-0.3, -0.25) is 19.9 Å². The second-order valence-corrected chi connectivity index (χ2v) is 7.17. The van der Waals surface area contributed by atoms with Gasteiger partial charge in [0.05, 0.1) is 22.1 Å². The van der Waals surface area contributed by atoms with Crippen molar-refractivity contribution in [3.63, 3.8) is 0 Å². The van der Waals surface area contributed by atoms with Gasteiger partial charge in [0.25, 0.3) is 0 Å². The molecule has 0 spiro atoms. The van der Waals surface area contributed by atoms with Crippen LogP contribution in [0.25, 0.3) is 22.1 Å². The summed E-state index contributed by atoms with van der Waals surface area (Å²) in [6, 6.07) is 15.3. The number of rotatable bonds is 0. The van der Waals surface area contributed by atoms with Crippen LogP contribution in [0.4, 0.5) is 0 Å². The first-order chi connectivity index (χ1) is 14.9. The molecule has 0 saturated carbocycles. The van der Waals surface area contributed by atoms with Crippen molar-refractivity contribution in [2.24, 2.45) is 0 Å². The molecule has 0 radical (unpaired) electrons. The Morgan fingerprint density at radius 1 is 0.500 bits per heavy atom. The topological polar surface area (TPSA) is 224 Å². The van der Waals surface area contributed by atoms with E-state index in [1.54, 1.807) is 24.8 Å². The number of fused-ring (bicyclic) bond motifs is 2. The molecule has 0 atom stereocenters. The molecule has 0 amide bonds. The van der Waals surface area contributed by atoms with Crippen LogP contribution < -0.4 is 0 Å². The summed E-state index contributed by atoms with van der Waals surface area (Å²) in [7, 11) is -9.28. The summed E-state index contributed by atoms with van der Waals surface area (Å²) in [5.41, 5.74) is 3.80. The fourth-order valence-corrected chi connectivity index (χ4v) is 1.81. The first kappa shape index (κ1) is 29.0. The Morgan fingerprint density at radius 3 is 0.812 bits per heavy atom. The molecule has 172 valence electrons. The van der Waals surface area contributed by atoms with Crippen LogP contribution in [0.1, 0.15) is 0 Å². The summed E-state index contributed by atoms with van der Waals surface area (Å²) in [5.74, 6) is 0. The molecule has 4 heterocycles.